The summed E-state index contributed by atoms with van der Waals surface area (Å²) in [5.41, 5.74) is 2.94. The quantitative estimate of drug-likeness (QED) is 0.850. The van der Waals surface area contributed by atoms with E-state index in [-0.39, 0.29) is 12.5 Å². The summed E-state index contributed by atoms with van der Waals surface area (Å²) in [5.74, 6) is -1.04. The fourth-order valence-corrected chi connectivity index (χ4v) is 3.85. The molecule has 1 unspecified atom stereocenters. The highest BCUT2D eigenvalue weighted by molar-refractivity contribution is 5.94. The van der Waals surface area contributed by atoms with Crippen molar-refractivity contribution in [1.29, 1.82) is 0 Å². The number of hydrogen-bond acceptors (Lipinski definition) is 4. The molecule has 0 spiro atoms. The van der Waals surface area contributed by atoms with Crippen LogP contribution in [0.25, 0.3) is 0 Å². The molecule has 1 aromatic heterocycles. The summed E-state index contributed by atoms with van der Waals surface area (Å²) >= 11 is 0. The number of nitrogens with zero attached hydrogens (tertiary/aromatic N) is 2. The van der Waals surface area contributed by atoms with Crippen LogP contribution in [-0.4, -0.2) is 33.6 Å². The molecule has 1 N–H and O–H groups in total. The van der Waals surface area contributed by atoms with E-state index in [2.05, 4.69) is 5.16 Å². The summed E-state index contributed by atoms with van der Waals surface area (Å²) in [5, 5.41) is 13.6. The highest BCUT2D eigenvalue weighted by Crippen LogP contribution is 2.31. The Labute approximate surface area is 145 Å². The van der Waals surface area contributed by atoms with Crippen molar-refractivity contribution in [1.82, 2.24) is 10.1 Å². The second-order valence-corrected chi connectivity index (χ2v) is 6.77. The van der Waals surface area contributed by atoms with Gasteiger partial charge in [-0.15, -0.1) is 0 Å². The van der Waals surface area contributed by atoms with Crippen molar-refractivity contribution in [3.63, 3.8) is 0 Å². The van der Waals surface area contributed by atoms with Crippen molar-refractivity contribution in [3.8, 4) is 0 Å². The zero-order valence-electron chi connectivity index (χ0n) is 13.9. The summed E-state index contributed by atoms with van der Waals surface area (Å²) in [6, 6.07) is 7.42. The van der Waals surface area contributed by atoms with Crippen LogP contribution in [0.15, 0.2) is 28.8 Å². The van der Waals surface area contributed by atoms with Gasteiger partial charge in [-0.3, -0.25) is 9.59 Å². The van der Waals surface area contributed by atoms with Crippen molar-refractivity contribution >= 4 is 11.9 Å². The molecule has 1 aliphatic carbocycles. The normalized spacial score (nSPS) is 19.7. The molecule has 1 aromatic carbocycles. The maximum atomic E-state index is 13.0. The van der Waals surface area contributed by atoms with Crippen LogP contribution in [0.3, 0.4) is 0 Å². The zero-order chi connectivity index (χ0) is 17.4. The number of amides is 1. The predicted octanol–water partition coefficient (Wildman–Crippen LogP) is 2.77. The molecule has 0 bridgehead atoms. The van der Waals surface area contributed by atoms with E-state index in [1.54, 1.807) is 4.90 Å². The first-order valence-electron chi connectivity index (χ1n) is 8.72. The average molecular weight is 340 g/mol. The Balaban J connectivity index is 1.66. The van der Waals surface area contributed by atoms with Crippen LogP contribution in [0, 0.1) is 0 Å². The molecule has 0 saturated heterocycles. The Morgan fingerprint density at radius 2 is 1.96 bits per heavy atom. The molecule has 6 heteroatoms. The molecule has 0 fully saturated rings. The number of fused-ring (bicyclic) bond motifs is 2. The van der Waals surface area contributed by atoms with Gasteiger partial charge < -0.3 is 14.5 Å². The summed E-state index contributed by atoms with van der Waals surface area (Å²) < 4.78 is 5.41. The summed E-state index contributed by atoms with van der Waals surface area (Å²) in [6.07, 6.45) is 4.81. The fraction of sp³-hybridized carbons (Fsp3) is 0.421. The van der Waals surface area contributed by atoms with Gasteiger partial charge in [0.15, 0.2) is 5.69 Å². The number of aromatic nitrogens is 1. The van der Waals surface area contributed by atoms with Crippen LogP contribution in [0.2, 0.25) is 0 Å². The summed E-state index contributed by atoms with van der Waals surface area (Å²) in [4.78, 5) is 26.3. The number of carboxylic acids is 1. The minimum Gasteiger partial charge on any atom is -0.481 e. The first-order valence-corrected chi connectivity index (χ1v) is 8.72. The maximum Gasteiger partial charge on any atom is 0.312 e. The van der Waals surface area contributed by atoms with Gasteiger partial charge in [-0.05, 0) is 30.4 Å². The molecule has 2 aliphatic rings. The van der Waals surface area contributed by atoms with Crippen LogP contribution < -0.4 is 0 Å². The molecule has 25 heavy (non-hydrogen) atoms. The number of rotatable bonds is 2. The number of carbonyl (C=O) groups excluding carboxylic acids is 1. The van der Waals surface area contributed by atoms with Crippen LogP contribution in [-0.2, 0) is 24.2 Å². The van der Waals surface area contributed by atoms with Gasteiger partial charge in [-0.2, -0.15) is 0 Å². The predicted molar refractivity (Wildman–Crippen MR) is 89.3 cm³/mol. The van der Waals surface area contributed by atoms with Gasteiger partial charge >= 0.3 is 5.97 Å². The molecule has 4 rings (SSSR count). The Bertz CT molecular complexity index is 827. The van der Waals surface area contributed by atoms with Crippen molar-refractivity contribution in [2.75, 3.05) is 6.54 Å². The van der Waals surface area contributed by atoms with Crippen LogP contribution in [0.4, 0.5) is 0 Å². The number of hydrogen-bond donors (Lipinski definition) is 1. The lowest BCUT2D eigenvalue weighted by atomic mass is 9.89. The van der Waals surface area contributed by atoms with Crippen molar-refractivity contribution in [2.24, 2.45) is 0 Å². The zero-order valence-corrected chi connectivity index (χ0v) is 13.9. The highest BCUT2D eigenvalue weighted by atomic mass is 16.5. The first-order chi connectivity index (χ1) is 12.1. The number of carboxylic acid groups (broad SMARTS) is 1. The van der Waals surface area contributed by atoms with Gasteiger partial charge in [0.2, 0.25) is 0 Å². The molecule has 2 heterocycles. The third-order valence-corrected chi connectivity index (χ3v) is 5.18. The monoisotopic (exact) mass is 340 g/mol. The molecule has 1 amide bonds. The Morgan fingerprint density at radius 1 is 1.16 bits per heavy atom. The lowest BCUT2D eigenvalue weighted by Crippen LogP contribution is -2.41. The lowest BCUT2D eigenvalue weighted by Gasteiger charge is -2.32. The van der Waals surface area contributed by atoms with E-state index < -0.39 is 11.9 Å². The minimum absolute atomic E-state index is 0.160. The summed E-state index contributed by atoms with van der Waals surface area (Å²) in [6.45, 7) is 0.563. The molecule has 1 aliphatic heterocycles. The maximum absolute atomic E-state index is 13.0. The fourth-order valence-electron chi connectivity index (χ4n) is 3.85. The molecule has 6 nitrogen and oxygen atoms in total. The SMILES string of the molecule is O=C(O)C1CN(C(=O)c2noc3c2CCCCC3)Cc2ccccc21. The van der Waals surface area contributed by atoms with E-state index in [0.29, 0.717) is 12.2 Å². The van der Waals surface area contributed by atoms with E-state index in [1.807, 2.05) is 24.3 Å². The Kier molecular flexibility index (Phi) is 4.03. The van der Waals surface area contributed by atoms with Gasteiger partial charge in [-0.1, -0.05) is 35.8 Å². The highest BCUT2D eigenvalue weighted by Gasteiger charge is 2.35. The van der Waals surface area contributed by atoms with Gasteiger partial charge in [0.1, 0.15) is 5.76 Å². The number of aliphatic carboxylic acids is 1. The van der Waals surface area contributed by atoms with Gasteiger partial charge in [0.05, 0.1) is 5.92 Å². The van der Waals surface area contributed by atoms with Crippen LogP contribution in [0.1, 0.15) is 58.1 Å². The topological polar surface area (TPSA) is 83.6 Å². The second kappa shape index (κ2) is 6.35. The van der Waals surface area contributed by atoms with Gasteiger partial charge in [-0.25, -0.2) is 0 Å². The standard InChI is InChI=1S/C19H20N2O4/c22-18(17-14-8-2-1-3-9-16(14)25-20-17)21-10-12-6-4-5-7-13(12)15(11-21)19(23)24/h4-7,15H,1-3,8-11H2,(H,23,24). The summed E-state index contributed by atoms with van der Waals surface area (Å²) in [7, 11) is 0. The average Bonchev–Trinajstić information content (AvgIpc) is 2.88. The molecule has 1 atom stereocenters. The first kappa shape index (κ1) is 15.9. The van der Waals surface area contributed by atoms with Crippen molar-refractivity contribution in [3.05, 3.63) is 52.4 Å². The number of carbonyl (C=O) groups is 2. The third kappa shape index (κ3) is 2.81. The van der Waals surface area contributed by atoms with Gasteiger partial charge in [0, 0.05) is 25.1 Å². The third-order valence-electron chi connectivity index (χ3n) is 5.18. The largest absolute Gasteiger partial charge is 0.481 e. The van der Waals surface area contributed by atoms with Crippen molar-refractivity contribution in [2.45, 2.75) is 44.6 Å². The smallest absolute Gasteiger partial charge is 0.312 e. The van der Waals surface area contributed by atoms with Gasteiger partial charge in [0.25, 0.3) is 5.91 Å². The van der Waals surface area contributed by atoms with E-state index in [1.165, 1.54) is 0 Å². The van der Waals surface area contributed by atoms with E-state index in [4.69, 9.17) is 4.52 Å². The molecule has 2 aromatic rings. The van der Waals surface area contributed by atoms with Crippen LogP contribution in [0.5, 0.6) is 0 Å². The molecule has 130 valence electrons. The molecule has 0 radical (unpaired) electrons. The van der Waals surface area contributed by atoms with E-state index in [0.717, 1.165) is 54.6 Å². The molecular formula is C19H20N2O4. The number of benzene rings is 1. The minimum atomic E-state index is -0.913. The molecular weight excluding hydrogens is 320 g/mol. The van der Waals surface area contributed by atoms with E-state index in [9.17, 15) is 14.7 Å². The van der Waals surface area contributed by atoms with E-state index >= 15 is 0 Å². The number of aryl methyl sites for hydroxylation is 1. The molecule has 0 saturated carbocycles. The Morgan fingerprint density at radius 3 is 2.80 bits per heavy atom. The second-order valence-electron chi connectivity index (χ2n) is 6.77. The van der Waals surface area contributed by atoms with Crippen molar-refractivity contribution < 1.29 is 19.2 Å². The Hall–Kier alpha value is -2.63. The lowest BCUT2D eigenvalue weighted by molar-refractivity contribution is -0.139. The van der Waals surface area contributed by atoms with Crippen LogP contribution >= 0.6 is 0 Å².